The zero-order chi connectivity index (χ0) is 13.7. The van der Waals surface area contributed by atoms with E-state index in [1.54, 1.807) is 7.11 Å². The van der Waals surface area contributed by atoms with Crippen molar-refractivity contribution in [3.8, 4) is 0 Å². The maximum Gasteiger partial charge on any atom is 0.311 e. The van der Waals surface area contributed by atoms with Crippen molar-refractivity contribution in [3.05, 3.63) is 0 Å². The summed E-state index contributed by atoms with van der Waals surface area (Å²) < 4.78 is 16.5. The minimum Gasteiger partial charge on any atom is -0.469 e. The van der Waals surface area contributed by atoms with Crippen molar-refractivity contribution in [3.63, 3.8) is 0 Å². The predicted molar refractivity (Wildman–Crippen MR) is 71.9 cm³/mol. The molecule has 0 saturated heterocycles. The van der Waals surface area contributed by atoms with Crippen LogP contribution >= 0.6 is 0 Å². The van der Waals surface area contributed by atoms with E-state index in [0.717, 1.165) is 51.4 Å². The Morgan fingerprint density at radius 2 is 1.53 bits per heavy atom. The Bertz CT molecular complexity index is 284. The fourth-order valence-electron chi connectivity index (χ4n) is 3.33. The minimum absolute atomic E-state index is 0.0566. The van der Waals surface area contributed by atoms with Crippen LogP contribution < -0.4 is 0 Å². The second kappa shape index (κ2) is 7.25. The van der Waals surface area contributed by atoms with Crippen LogP contribution in [-0.4, -0.2) is 38.5 Å². The van der Waals surface area contributed by atoms with E-state index >= 15 is 0 Å². The molecule has 2 saturated carbocycles. The van der Waals surface area contributed by atoms with Crippen LogP contribution in [0.1, 0.15) is 51.4 Å². The normalized spacial score (nSPS) is 35.9. The third-order valence-electron chi connectivity index (χ3n) is 4.53. The van der Waals surface area contributed by atoms with Gasteiger partial charge in [0.15, 0.2) is 0 Å². The van der Waals surface area contributed by atoms with Gasteiger partial charge in [-0.05, 0) is 38.5 Å². The lowest BCUT2D eigenvalue weighted by atomic mass is 9.85. The van der Waals surface area contributed by atoms with Crippen molar-refractivity contribution in [1.82, 2.24) is 0 Å². The highest BCUT2D eigenvalue weighted by Crippen LogP contribution is 2.32. The number of esters is 1. The Kier molecular flexibility index (Phi) is 5.64. The Labute approximate surface area is 115 Å². The molecule has 0 radical (unpaired) electrons. The van der Waals surface area contributed by atoms with E-state index in [-0.39, 0.29) is 18.0 Å². The van der Waals surface area contributed by atoms with E-state index in [9.17, 15) is 4.79 Å². The summed E-state index contributed by atoms with van der Waals surface area (Å²) in [6.45, 7) is 0. The van der Waals surface area contributed by atoms with Crippen LogP contribution in [0.4, 0.5) is 0 Å². The molecule has 0 spiro atoms. The maximum absolute atomic E-state index is 11.8. The van der Waals surface area contributed by atoms with E-state index in [1.807, 2.05) is 0 Å². The number of methoxy groups -OCH3 is 2. The highest BCUT2D eigenvalue weighted by Gasteiger charge is 2.35. The molecule has 19 heavy (non-hydrogen) atoms. The van der Waals surface area contributed by atoms with Gasteiger partial charge in [-0.25, -0.2) is 0 Å². The molecule has 2 aliphatic carbocycles. The van der Waals surface area contributed by atoms with Gasteiger partial charge in [0, 0.05) is 7.11 Å². The van der Waals surface area contributed by atoms with Crippen molar-refractivity contribution >= 4 is 5.97 Å². The number of hydrogen-bond acceptors (Lipinski definition) is 4. The van der Waals surface area contributed by atoms with Gasteiger partial charge in [-0.3, -0.25) is 4.79 Å². The molecular formula is C15H26O4. The van der Waals surface area contributed by atoms with E-state index in [2.05, 4.69) is 0 Å². The Morgan fingerprint density at radius 3 is 2.16 bits per heavy atom. The summed E-state index contributed by atoms with van der Waals surface area (Å²) in [6, 6.07) is 0. The standard InChI is InChI=1S/C15H26O4/c1-17-11-7-9-12(10-8-11)19-14-6-4-3-5-13(14)15(16)18-2/h11-14H,3-10H2,1-2H3. The van der Waals surface area contributed by atoms with Gasteiger partial charge in [0.05, 0.1) is 31.3 Å². The molecule has 0 aromatic carbocycles. The summed E-state index contributed by atoms with van der Waals surface area (Å²) >= 11 is 0. The summed E-state index contributed by atoms with van der Waals surface area (Å²) in [5.41, 5.74) is 0. The fraction of sp³-hybridized carbons (Fsp3) is 0.933. The highest BCUT2D eigenvalue weighted by atomic mass is 16.5. The van der Waals surface area contributed by atoms with Crippen LogP contribution in [0.2, 0.25) is 0 Å². The molecule has 0 aromatic heterocycles. The number of carbonyl (C=O) groups excluding carboxylic acids is 1. The SMILES string of the molecule is COC(=O)C1CCCCC1OC1CCC(OC)CC1. The molecule has 0 bridgehead atoms. The number of carbonyl (C=O) groups is 1. The molecule has 0 amide bonds. The average Bonchev–Trinajstić information content (AvgIpc) is 2.48. The summed E-state index contributed by atoms with van der Waals surface area (Å²) in [5, 5.41) is 0. The molecule has 2 unspecified atom stereocenters. The molecule has 0 aromatic rings. The first-order chi connectivity index (χ1) is 9.24. The van der Waals surface area contributed by atoms with Gasteiger partial charge in [-0.2, -0.15) is 0 Å². The first kappa shape index (κ1) is 14.8. The molecule has 4 nitrogen and oxygen atoms in total. The molecule has 0 heterocycles. The quantitative estimate of drug-likeness (QED) is 0.737. The Morgan fingerprint density at radius 1 is 0.895 bits per heavy atom. The molecular weight excluding hydrogens is 244 g/mol. The number of hydrogen-bond donors (Lipinski definition) is 0. The lowest BCUT2D eigenvalue weighted by Crippen LogP contribution is -2.38. The first-order valence-corrected chi connectivity index (χ1v) is 7.50. The van der Waals surface area contributed by atoms with Gasteiger partial charge in [0.2, 0.25) is 0 Å². The molecule has 2 aliphatic rings. The minimum atomic E-state index is -0.102. The maximum atomic E-state index is 11.8. The van der Waals surface area contributed by atoms with Gasteiger partial charge in [0.1, 0.15) is 0 Å². The van der Waals surface area contributed by atoms with E-state index in [4.69, 9.17) is 14.2 Å². The molecule has 4 heteroatoms. The van der Waals surface area contributed by atoms with E-state index < -0.39 is 0 Å². The van der Waals surface area contributed by atoms with E-state index in [1.165, 1.54) is 7.11 Å². The average molecular weight is 270 g/mol. The van der Waals surface area contributed by atoms with Crippen molar-refractivity contribution in [2.24, 2.45) is 5.92 Å². The molecule has 0 aliphatic heterocycles. The van der Waals surface area contributed by atoms with Crippen LogP contribution in [0.25, 0.3) is 0 Å². The summed E-state index contributed by atoms with van der Waals surface area (Å²) in [4.78, 5) is 11.8. The predicted octanol–water partition coefficient (Wildman–Crippen LogP) is 2.69. The van der Waals surface area contributed by atoms with Crippen molar-refractivity contribution in [2.45, 2.75) is 69.7 Å². The molecule has 0 N–H and O–H groups in total. The van der Waals surface area contributed by atoms with Gasteiger partial charge >= 0.3 is 5.97 Å². The Hall–Kier alpha value is -0.610. The third-order valence-corrected chi connectivity index (χ3v) is 4.53. The molecule has 2 rings (SSSR count). The zero-order valence-corrected chi connectivity index (χ0v) is 12.1. The van der Waals surface area contributed by atoms with Crippen molar-refractivity contribution in [2.75, 3.05) is 14.2 Å². The third kappa shape index (κ3) is 3.93. The lowest BCUT2D eigenvalue weighted by molar-refractivity contribution is -0.158. The number of rotatable bonds is 4. The zero-order valence-electron chi connectivity index (χ0n) is 12.1. The summed E-state index contributed by atoms with van der Waals surface area (Å²) in [6.07, 6.45) is 9.13. The highest BCUT2D eigenvalue weighted by molar-refractivity contribution is 5.73. The molecule has 2 atom stereocenters. The van der Waals surface area contributed by atoms with Crippen molar-refractivity contribution in [1.29, 1.82) is 0 Å². The monoisotopic (exact) mass is 270 g/mol. The Balaban J connectivity index is 1.84. The smallest absolute Gasteiger partial charge is 0.311 e. The van der Waals surface area contributed by atoms with Gasteiger partial charge in [-0.15, -0.1) is 0 Å². The van der Waals surface area contributed by atoms with Crippen LogP contribution in [0, 0.1) is 5.92 Å². The topological polar surface area (TPSA) is 44.8 Å². The molecule has 2 fully saturated rings. The van der Waals surface area contributed by atoms with Gasteiger partial charge < -0.3 is 14.2 Å². The largest absolute Gasteiger partial charge is 0.469 e. The van der Waals surface area contributed by atoms with Crippen molar-refractivity contribution < 1.29 is 19.0 Å². The second-order valence-corrected chi connectivity index (χ2v) is 5.72. The summed E-state index contributed by atoms with van der Waals surface area (Å²) in [5.74, 6) is -0.158. The lowest BCUT2D eigenvalue weighted by Gasteiger charge is -2.35. The molecule has 110 valence electrons. The second-order valence-electron chi connectivity index (χ2n) is 5.72. The van der Waals surface area contributed by atoms with Crippen LogP contribution in [0.5, 0.6) is 0 Å². The van der Waals surface area contributed by atoms with Gasteiger partial charge in [-0.1, -0.05) is 12.8 Å². The fourth-order valence-corrected chi connectivity index (χ4v) is 3.33. The van der Waals surface area contributed by atoms with Gasteiger partial charge in [0.25, 0.3) is 0 Å². The summed E-state index contributed by atoms with van der Waals surface area (Å²) in [7, 11) is 3.25. The number of ether oxygens (including phenoxy) is 3. The van der Waals surface area contributed by atoms with E-state index in [0.29, 0.717) is 12.2 Å². The van der Waals surface area contributed by atoms with Crippen LogP contribution in [0.15, 0.2) is 0 Å². The first-order valence-electron chi connectivity index (χ1n) is 7.50. The van der Waals surface area contributed by atoms with Crippen LogP contribution in [-0.2, 0) is 19.0 Å². The van der Waals surface area contributed by atoms with Crippen LogP contribution in [0.3, 0.4) is 0 Å².